The minimum absolute atomic E-state index is 0.0130. The van der Waals surface area contributed by atoms with Crippen LogP contribution in [-0.4, -0.2) is 47.1 Å². The van der Waals surface area contributed by atoms with Crippen LogP contribution >= 0.6 is 0 Å². The molecule has 1 aliphatic heterocycles. The first-order valence-electron chi connectivity index (χ1n) is 7.29. The molecule has 0 spiro atoms. The molecule has 2 N–H and O–H groups in total. The molecule has 2 rings (SSSR count). The third-order valence-corrected chi connectivity index (χ3v) is 3.62. The summed E-state index contributed by atoms with van der Waals surface area (Å²) in [7, 11) is 0. The molecular weight excluding hydrogens is 254 g/mol. The Morgan fingerprint density at radius 3 is 2.85 bits per heavy atom. The normalized spacial score (nSPS) is 17.6. The highest BCUT2D eigenvalue weighted by molar-refractivity contribution is 5.94. The van der Waals surface area contributed by atoms with Crippen molar-refractivity contribution in [3.05, 3.63) is 24.0 Å². The Morgan fingerprint density at radius 1 is 1.40 bits per heavy atom. The number of aromatic hydroxyl groups is 1. The summed E-state index contributed by atoms with van der Waals surface area (Å²) in [6.45, 7) is 6.17. The molecule has 5 nitrogen and oxygen atoms in total. The Hall–Kier alpha value is -1.62. The van der Waals surface area contributed by atoms with Crippen LogP contribution in [0.5, 0.6) is 5.75 Å². The molecule has 0 radical (unpaired) electrons. The zero-order valence-electron chi connectivity index (χ0n) is 12.0. The van der Waals surface area contributed by atoms with Crippen molar-refractivity contribution in [1.82, 2.24) is 15.2 Å². The molecule has 1 atom stereocenters. The van der Waals surface area contributed by atoms with Gasteiger partial charge in [-0.25, -0.2) is 0 Å². The molecule has 1 aromatic heterocycles. The first kappa shape index (κ1) is 14.8. The fourth-order valence-corrected chi connectivity index (χ4v) is 2.57. The molecule has 110 valence electrons. The van der Waals surface area contributed by atoms with Crippen molar-refractivity contribution in [1.29, 1.82) is 0 Å². The third kappa shape index (κ3) is 4.49. The summed E-state index contributed by atoms with van der Waals surface area (Å²) in [4.78, 5) is 18.2. The number of pyridine rings is 1. The van der Waals surface area contributed by atoms with Gasteiger partial charge in [-0.2, -0.15) is 0 Å². The summed E-state index contributed by atoms with van der Waals surface area (Å²) >= 11 is 0. The lowest BCUT2D eigenvalue weighted by atomic mass is 10.1. The number of hydrogen-bond donors (Lipinski definition) is 2. The number of carbonyl (C=O) groups is 1. The second-order valence-corrected chi connectivity index (χ2v) is 5.61. The lowest BCUT2D eigenvalue weighted by Crippen LogP contribution is -2.38. The standard InChI is InChI=1S/C15H23N3O2/c1-12(11-18-5-3-2-4-6-18)8-17-15(20)13-7-14(19)10-16-9-13/h7,9-10,12,19H,2-6,8,11H2,1H3,(H,17,20). The van der Waals surface area contributed by atoms with Gasteiger partial charge in [0, 0.05) is 19.3 Å². The number of nitrogens with zero attached hydrogens (tertiary/aromatic N) is 2. The van der Waals surface area contributed by atoms with Gasteiger partial charge in [-0.1, -0.05) is 13.3 Å². The quantitative estimate of drug-likeness (QED) is 0.858. The molecule has 1 amide bonds. The average Bonchev–Trinajstić information content (AvgIpc) is 2.46. The van der Waals surface area contributed by atoms with Crippen LogP contribution in [0.3, 0.4) is 0 Å². The molecule has 0 aromatic carbocycles. The topological polar surface area (TPSA) is 65.5 Å². The van der Waals surface area contributed by atoms with Crippen molar-refractivity contribution in [2.45, 2.75) is 26.2 Å². The minimum Gasteiger partial charge on any atom is -0.506 e. The number of hydrogen-bond acceptors (Lipinski definition) is 4. The van der Waals surface area contributed by atoms with Gasteiger partial charge >= 0.3 is 0 Å². The molecular formula is C15H23N3O2. The number of rotatable bonds is 5. The van der Waals surface area contributed by atoms with E-state index in [1.807, 2.05) is 0 Å². The predicted molar refractivity (Wildman–Crippen MR) is 77.7 cm³/mol. The fraction of sp³-hybridized carbons (Fsp3) is 0.600. The zero-order valence-corrected chi connectivity index (χ0v) is 12.0. The summed E-state index contributed by atoms with van der Waals surface area (Å²) < 4.78 is 0. The SMILES string of the molecule is CC(CNC(=O)c1cncc(O)c1)CN1CCCCC1. The van der Waals surface area contributed by atoms with Gasteiger partial charge in [0.25, 0.3) is 5.91 Å². The van der Waals surface area contributed by atoms with Gasteiger partial charge < -0.3 is 15.3 Å². The van der Waals surface area contributed by atoms with Crippen LogP contribution in [0.4, 0.5) is 0 Å². The van der Waals surface area contributed by atoms with Crippen molar-refractivity contribution in [2.24, 2.45) is 5.92 Å². The minimum atomic E-state index is -0.182. The Morgan fingerprint density at radius 2 is 2.15 bits per heavy atom. The number of piperidine rings is 1. The van der Waals surface area contributed by atoms with Gasteiger partial charge in [-0.15, -0.1) is 0 Å². The van der Waals surface area contributed by atoms with E-state index in [9.17, 15) is 9.90 Å². The number of carbonyl (C=O) groups excluding carboxylic acids is 1. The maximum atomic E-state index is 11.9. The van der Waals surface area contributed by atoms with Crippen molar-refractivity contribution < 1.29 is 9.90 Å². The molecule has 1 aliphatic rings. The van der Waals surface area contributed by atoms with Crippen molar-refractivity contribution in [2.75, 3.05) is 26.2 Å². The first-order valence-corrected chi connectivity index (χ1v) is 7.29. The van der Waals surface area contributed by atoms with Gasteiger partial charge in [0.05, 0.1) is 11.8 Å². The van der Waals surface area contributed by atoms with Gasteiger partial charge in [-0.05, 0) is 37.9 Å². The van der Waals surface area contributed by atoms with Gasteiger partial charge in [-0.3, -0.25) is 9.78 Å². The van der Waals surface area contributed by atoms with Crippen LogP contribution in [0.1, 0.15) is 36.5 Å². The fourth-order valence-electron chi connectivity index (χ4n) is 2.57. The van der Waals surface area contributed by atoms with E-state index in [2.05, 4.69) is 22.1 Å². The Bertz CT molecular complexity index is 444. The monoisotopic (exact) mass is 277 g/mol. The predicted octanol–water partition coefficient (Wildman–Crippen LogP) is 1.64. The van der Waals surface area contributed by atoms with E-state index in [1.165, 1.54) is 50.8 Å². The summed E-state index contributed by atoms with van der Waals surface area (Å²) in [6.07, 6.45) is 6.69. The molecule has 1 saturated heterocycles. The maximum absolute atomic E-state index is 11.9. The largest absolute Gasteiger partial charge is 0.506 e. The molecule has 5 heteroatoms. The second kappa shape index (κ2) is 7.24. The van der Waals surface area contributed by atoms with E-state index in [-0.39, 0.29) is 11.7 Å². The van der Waals surface area contributed by atoms with E-state index in [1.54, 1.807) is 0 Å². The summed E-state index contributed by atoms with van der Waals surface area (Å²) in [6, 6.07) is 1.43. The van der Waals surface area contributed by atoms with Crippen molar-refractivity contribution in [3.63, 3.8) is 0 Å². The lowest BCUT2D eigenvalue weighted by Gasteiger charge is -2.29. The Kier molecular flexibility index (Phi) is 5.35. The third-order valence-electron chi connectivity index (χ3n) is 3.62. The van der Waals surface area contributed by atoms with E-state index < -0.39 is 0 Å². The smallest absolute Gasteiger partial charge is 0.252 e. The summed E-state index contributed by atoms with van der Waals surface area (Å²) in [5.41, 5.74) is 0.398. The summed E-state index contributed by atoms with van der Waals surface area (Å²) in [5.74, 6) is 0.250. The van der Waals surface area contributed by atoms with Gasteiger partial charge in [0.15, 0.2) is 0 Å². The molecule has 1 aromatic rings. The van der Waals surface area contributed by atoms with E-state index in [0.29, 0.717) is 18.0 Å². The van der Waals surface area contributed by atoms with E-state index in [4.69, 9.17) is 0 Å². The van der Waals surface area contributed by atoms with Crippen LogP contribution in [0.2, 0.25) is 0 Å². The molecule has 0 bridgehead atoms. The van der Waals surface area contributed by atoms with Crippen LogP contribution in [0.25, 0.3) is 0 Å². The van der Waals surface area contributed by atoms with Crippen LogP contribution in [0, 0.1) is 5.92 Å². The second-order valence-electron chi connectivity index (χ2n) is 5.61. The molecule has 1 unspecified atom stereocenters. The maximum Gasteiger partial charge on any atom is 0.252 e. The molecule has 0 saturated carbocycles. The molecule has 0 aliphatic carbocycles. The number of aromatic nitrogens is 1. The van der Waals surface area contributed by atoms with Crippen LogP contribution < -0.4 is 5.32 Å². The van der Waals surface area contributed by atoms with Crippen LogP contribution in [-0.2, 0) is 0 Å². The molecule has 1 fully saturated rings. The van der Waals surface area contributed by atoms with Crippen LogP contribution in [0.15, 0.2) is 18.5 Å². The summed E-state index contributed by atoms with van der Waals surface area (Å²) in [5, 5.41) is 12.2. The number of nitrogens with one attached hydrogen (secondary N) is 1. The zero-order chi connectivity index (χ0) is 14.4. The number of amides is 1. The average molecular weight is 277 g/mol. The Labute approximate surface area is 120 Å². The highest BCUT2D eigenvalue weighted by atomic mass is 16.3. The van der Waals surface area contributed by atoms with E-state index >= 15 is 0 Å². The Balaban J connectivity index is 1.75. The van der Waals surface area contributed by atoms with E-state index in [0.717, 1.165) is 6.54 Å². The molecule has 20 heavy (non-hydrogen) atoms. The lowest BCUT2D eigenvalue weighted by molar-refractivity contribution is 0.0942. The molecule has 2 heterocycles. The van der Waals surface area contributed by atoms with Gasteiger partial charge in [0.1, 0.15) is 5.75 Å². The highest BCUT2D eigenvalue weighted by Crippen LogP contribution is 2.11. The number of likely N-dealkylation sites (tertiary alicyclic amines) is 1. The van der Waals surface area contributed by atoms with Crippen molar-refractivity contribution >= 4 is 5.91 Å². The highest BCUT2D eigenvalue weighted by Gasteiger charge is 2.14. The first-order chi connectivity index (χ1) is 9.65. The van der Waals surface area contributed by atoms with Gasteiger partial charge in [0.2, 0.25) is 0 Å². The van der Waals surface area contributed by atoms with Crippen molar-refractivity contribution in [3.8, 4) is 5.75 Å².